The van der Waals surface area contributed by atoms with Crippen LogP contribution in [0.3, 0.4) is 0 Å². The summed E-state index contributed by atoms with van der Waals surface area (Å²) in [5.74, 6) is -1.59. The lowest BCUT2D eigenvalue weighted by Gasteiger charge is -2.08. The van der Waals surface area contributed by atoms with E-state index in [4.69, 9.17) is 5.11 Å². The minimum atomic E-state index is -3.59. The molecule has 2 N–H and O–H groups in total. The van der Waals surface area contributed by atoms with Crippen LogP contribution in [0.15, 0.2) is 23.1 Å². The molecule has 0 saturated carbocycles. The molecule has 0 bridgehead atoms. The first-order valence-electron chi connectivity index (χ1n) is 6.05. The van der Waals surface area contributed by atoms with Gasteiger partial charge in [0.25, 0.3) is 0 Å². The summed E-state index contributed by atoms with van der Waals surface area (Å²) in [7, 11) is -2.11. The zero-order chi connectivity index (χ0) is 15.3. The molecule has 110 valence electrons. The maximum atomic E-state index is 12.2. The van der Waals surface area contributed by atoms with Gasteiger partial charge in [-0.1, -0.05) is 6.07 Å². The molecule has 20 heavy (non-hydrogen) atoms. The minimum Gasteiger partial charge on any atom is -0.478 e. The van der Waals surface area contributed by atoms with E-state index < -0.39 is 15.8 Å². The Morgan fingerprint density at radius 3 is 2.50 bits per heavy atom. The largest absolute Gasteiger partial charge is 0.478 e. The van der Waals surface area contributed by atoms with Gasteiger partial charge in [-0.05, 0) is 31.0 Å². The summed E-state index contributed by atoms with van der Waals surface area (Å²) in [4.78, 5) is 22.0. The number of carboxylic acids is 1. The molecule has 0 aliphatic heterocycles. The lowest BCUT2D eigenvalue weighted by atomic mass is 10.1. The normalized spacial score (nSPS) is 11.1. The maximum absolute atomic E-state index is 12.2. The van der Waals surface area contributed by atoms with Crippen LogP contribution in [0.25, 0.3) is 0 Å². The van der Waals surface area contributed by atoms with Crippen LogP contribution in [0.5, 0.6) is 0 Å². The fraction of sp³-hybridized carbons (Fsp3) is 0.385. The highest BCUT2D eigenvalue weighted by atomic mass is 32.2. The lowest BCUT2D eigenvalue weighted by Crippen LogP contribution is -2.19. The third kappa shape index (κ3) is 4.06. The number of hydrogen-bond acceptors (Lipinski definition) is 4. The number of nitrogens with one attached hydrogen (secondary N) is 1. The van der Waals surface area contributed by atoms with Crippen LogP contribution in [0.4, 0.5) is 0 Å². The first-order valence-corrected chi connectivity index (χ1v) is 7.70. The molecule has 6 nitrogen and oxygen atoms in total. The number of sulfone groups is 1. The highest BCUT2D eigenvalue weighted by molar-refractivity contribution is 7.91. The Hall–Kier alpha value is -1.89. The van der Waals surface area contributed by atoms with Gasteiger partial charge in [-0.2, -0.15) is 0 Å². The van der Waals surface area contributed by atoms with Gasteiger partial charge in [0.15, 0.2) is 9.84 Å². The Kier molecular flexibility index (Phi) is 5.26. The van der Waals surface area contributed by atoms with Crippen LogP contribution in [-0.4, -0.2) is 38.2 Å². The number of benzene rings is 1. The zero-order valence-corrected chi connectivity index (χ0v) is 12.2. The van der Waals surface area contributed by atoms with Gasteiger partial charge in [-0.25, -0.2) is 13.2 Å². The van der Waals surface area contributed by atoms with Crippen LogP contribution < -0.4 is 5.32 Å². The first-order chi connectivity index (χ1) is 9.27. The quantitative estimate of drug-likeness (QED) is 0.816. The molecule has 1 aromatic rings. The van der Waals surface area contributed by atoms with Crippen molar-refractivity contribution < 1.29 is 23.1 Å². The molecule has 0 aliphatic rings. The van der Waals surface area contributed by atoms with E-state index in [0.29, 0.717) is 5.56 Å². The summed E-state index contributed by atoms with van der Waals surface area (Å²) in [6.45, 7) is 1.61. The topological polar surface area (TPSA) is 101 Å². The zero-order valence-electron chi connectivity index (χ0n) is 11.3. The molecule has 0 heterocycles. The molecule has 0 aromatic heterocycles. The van der Waals surface area contributed by atoms with E-state index in [1.165, 1.54) is 19.2 Å². The maximum Gasteiger partial charge on any atom is 0.335 e. The Morgan fingerprint density at radius 1 is 1.30 bits per heavy atom. The van der Waals surface area contributed by atoms with Crippen molar-refractivity contribution in [2.45, 2.75) is 24.7 Å². The van der Waals surface area contributed by atoms with E-state index in [1.54, 1.807) is 6.92 Å². The van der Waals surface area contributed by atoms with Crippen LogP contribution >= 0.6 is 0 Å². The number of carbonyl (C=O) groups excluding carboxylic acids is 1. The van der Waals surface area contributed by atoms with E-state index in [9.17, 15) is 18.0 Å². The molecule has 0 fully saturated rings. The summed E-state index contributed by atoms with van der Waals surface area (Å²) in [5.41, 5.74) is 0.426. The Labute approximate surface area is 117 Å². The predicted octanol–water partition coefficient (Wildman–Crippen LogP) is 0.993. The van der Waals surface area contributed by atoms with Crippen molar-refractivity contribution in [3.8, 4) is 0 Å². The SMILES string of the molecule is CNC(=O)CCCS(=O)(=O)c1cc(C(=O)O)ccc1C. The van der Waals surface area contributed by atoms with E-state index in [-0.39, 0.29) is 35.0 Å². The second-order valence-corrected chi connectivity index (χ2v) is 6.46. The van der Waals surface area contributed by atoms with Crippen molar-refractivity contribution in [3.05, 3.63) is 29.3 Å². The monoisotopic (exact) mass is 299 g/mol. The molecular formula is C13H17NO5S. The fourth-order valence-corrected chi connectivity index (χ4v) is 3.34. The summed E-state index contributed by atoms with van der Waals surface area (Å²) < 4.78 is 24.3. The fourth-order valence-electron chi connectivity index (χ4n) is 1.73. The number of carbonyl (C=O) groups is 2. The number of aromatic carboxylic acids is 1. The summed E-state index contributed by atoms with van der Waals surface area (Å²) in [6.07, 6.45) is 0.312. The third-order valence-corrected chi connectivity index (χ3v) is 4.80. The molecule has 1 aromatic carbocycles. The van der Waals surface area contributed by atoms with Gasteiger partial charge >= 0.3 is 5.97 Å². The highest BCUT2D eigenvalue weighted by Crippen LogP contribution is 2.19. The Bertz CT molecular complexity index is 622. The predicted molar refractivity (Wildman–Crippen MR) is 73.5 cm³/mol. The van der Waals surface area contributed by atoms with E-state index >= 15 is 0 Å². The third-order valence-electron chi connectivity index (χ3n) is 2.87. The molecule has 0 spiro atoms. The number of aryl methyl sites for hydroxylation is 1. The molecule has 1 amide bonds. The average Bonchev–Trinajstić information content (AvgIpc) is 2.38. The molecule has 7 heteroatoms. The van der Waals surface area contributed by atoms with Gasteiger partial charge in [-0.15, -0.1) is 0 Å². The number of carboxylic acid groups (broad SMARTS) is 1. The van der Waals surface area contributed by atoms with Gasteiger partial charge in [0.05, 0.1) is 16.2 Å². The average molecular weight is 299 g/mol. The minimum absolute atomic E-state index is 0.00862. The van der Waals surface area contributed by atoms with Crippen LogP contribution in [-0.2, 0) is 14.6 Å². The standard InChI is InChI=1S/C13H17NO5S/c1-9-5-6-10(13(16)17)8-11(9)20(18,19)7-3-4-12(15)14-2/h5-6,8H,3-4,7H2,1-2H3,(H,14,15)(H,16,17). The summed E-state index contributed by atoms with van der Waals surface area (Å²) in [6, 6.07) is 3.99. The Balaban J connectivity index is 2.94. The van der Waals surface area contributed by atoms with E-state index in [0.717, 1.165) is 6.07 Å². The number of amides is 1. The molecular weight excluding hydrogens is 282 g/mol. The number of hydrogen-bond donors (Lipinski definition) is 2. The molecule has 0 saturated heterocycles. The first kappa shape index (κ1) is 16.2. The van der Waals surface area contributed by atoms with Crippen molar-refractivity contribution in [2.75, 3.05) is 12.8 Å². The van der Waals surface area contributed by atoms with Crippen molar-refractivity contribution in [1.82, 2.24) is 5.32 Å². The van der Waals surface area contributed by atoms with Crippen molar-refractivity contribution in [2.24, 2.45) is 0 Å². The van der Waals surface area contributed by atoms with Crippen molar-refractivity contribution in [1.29, 1.82) is 0 Å². The van der Waals surface area contributed by atoms with Crippen LogP contribution in [0.1, 0.15) is 28.8 Å². The molecule has 0 radical (unpaired) electrons. The molecule has 1 rings (SSSR count). The second kappa shape index (κ2) is 6.51. The van der Waals surface area contributed by atoms with Gasteiger partial charge in [0.2, 0.25) is 5.91 Å². The van der Waals surface area contributed by atoms with Gasteiger partial charge < -0.3 is 10.4 Å². The van der Waals surface area contributed by atoms with Gasteiger partial charge in [0, 0.05) is 13.5 Å². The van der Waals surface area contributed by atoms with Crippen molar-refractivity contribution in [3.63, 3.8) is 0 Å². The smallest absolute Gasteiger partial charge is 0.335 e. The van der Waals surface area contributed by atoms with Gasteiger partial charge in [-0.3, -0.25) is 4.79 Å². The molecule has 0 unspecified atom stereocenters. The summed E-state index contributed by atoms with van der Waals surface area (Å²) in [5, 5.41) is 11.3. The van der Waals surface area contributed by atoms with Crippen LogP contribution in [0, 0.1) is 6.92 Å². The highest BCUT2D eigenvalue weighted by Gasteiger charge is 2.19. The summed E-state index contributed by atoms with van der Waals surface area (Å²) >= 11 is 0. The molecule has 0 aliphatic carbocycles. The number of rotatable bonds is 6. The second-order valence-electron chi connectivity index (χ2n) is 4.38. The van der Waals surface area contributed by atoms with Gasteiger partial charge in [0.1, 0.15) is 0 Å². The van der Waals surface area contributed by atoms with E-state index in [1.807, 2.05) is 0 Å². The van der Waals surface area contributed by atoms with Crippen molar-refractivity contribution >= 4 is 21.7 Å². The van der Waals surface area contributed by atoms with E-state index in [2.05, 4.69) is 5.32 Å². The molecule has 0 atom stereocenters. The lowest BCUT2D eigenvalue weighted by molar-refractivity contribution is -0.120. The van der Waals surface area contributed by atoms with Crippen LogP contribution in [0.2, 0.25) is 0 Å². The Morgan fingerprint density at radius 2 is 1.95 bits per heavy atom.